The summed E-state index contributed by atoms with van der Waals surface area (Å²) in [4.78, 5) is 12.6. The number of benzene rings is 1. The van der Waals surface area contributed by atoms with E-state index in [4.69, 9.17) is 20.8 Å². The Bertz CT molecular complexity index is 946. The fourth-order valence-electron chi connectivity index (χ4n) is 2.36. The van der Waals surface area contributed by atoms with E-state index in [1.807, 2.05) is 26.8 Å². The molecule has 2 aromatic heterocycles. The van der Waals surface area contributed by atoms with Crippen LogP contribution in [0, 0.1) is 24.3 Å². The molecule has 0 unspecified atom stereocenters. The fraction of sp³-hybridized carbons (Fsp3) is 0.222. The second kappa shape index (κ2) is 7.21. The SMILES string of the molecule is Cc1cc(OCc2ccc(C(=O)n3nc(C)c(I)c3C)o2)ccc1Cl. The fourth-order valence-corrected chi connectivity index (χ4v) is 2.81. The van der Waals surface area contributed by atoms with Crippen LogP contribution >= 0.6 is 34.2 Å². The zero-order chi connectivity index (χ0) is 18.1. The van der Waals surface area contributed by atoms with Crippen LogP contribution in [0.1, 0.15) is 33.3 Å². The van der Waals surface area contributed by atoms with Crippen molar-refractivity contribution < 1.29 is 13.9 Å². The molecule has 25 heavy (non-hydrogen) atoms. The minimum atomic E-state index is -0.294. The van der Waals surface area contributed by atoms with Crippen LogP contribution in [0.25, 0.3) is 0 Å². The van der Waals surface area contributed by atoms with Crippen molar-refractivity contribution >= 4 is 40.1 Å². The summed E-state index contributed by atoms with van der Waals surface area (Å²) in [7, 11) is 0. The summed E-state index contributed by atoms with van der Waals surface area (Å²) in [5.41, 5.74) is 2.56. The maximum Gasteiger partial charge on any atom is 0.314 e. The summed E-state index contributed by atoms with van der Waals surface area (Å²) in [6, 6.07) is 8.80. The van der Waals surface area contributed by atoms with Crippen LogP contribution in [0.2, 0.25) is 5.02 Å². The molecule has 1 aromatic carbocycles. The molecule has 2 heterocycles. The molecule has 130 valence electrons. The van der Waals surface area contributed by atoms with E-state index in [1.165, 1.54) is 4.68 Å². The van der Waals surface area contributed by atoms with Crippen LogP contribution < -0.4 is 4.74 Å². The number of carbonyl (C=O) groups excluding carboxylic acids is 1. The second-order valence-corrected chi connectivity index (χ2v) is 7.15. The maximum atomic E-state index is 12.6. The van der Waals surface area contributed by atoms with E-state index in [1.54, 1.807) is 24.3 Å². The van der Waals surface area contributed by atoms with Gasteiger partial charge in [-0.1, -0.05) is 11.6 Å². The molecule has 0 saturated heterocycles. The monoisotopic (exact) mass is 470 g/mol. The van der Waals surface area contributed by atoms with Crippen LogP contribution in [0.15, 0.2) is 34.7 Å². The van der Waals surface area contributed by atoms with Crippen molar-refractivity contribution in [3.05, 3.63) is 67.4 Å². The first-order valence-electron chi connectivity index (χ1n) is 7.61. The molecule has 0 aliphatic carbocycles. The highest BCUT2D eigenvalue weighted by molar-refractivity contribution is 14.1. The summed E-state index contributed by atoms with van der Waals surface area (Å²) in [6.07, 6.45) is 0. The molecule has 0 atom stereocenters. The number of hydrogen-bond acceptors (Lipinski definition) is 4. The Morgan fingerprint density at radius 3 is 2.68 bits per heavy atom. The number of nitrogens with zero attached hydrogens (tertiary/aromatic N) is 2. The van der Waals surface area contributed by atoms with Gasteiger partial charge in [0.25, 0.3) is 0 Å². The number of aromatic nitrogens is 2. The first-order valence-corrected chi connectivity index (χ1v) is 9.06. The molecule has 0 N–H and O–H groups in total. The van der Waals surface area contributed by atoms with Gasteiger partial charge in [-0.05, 0) is 79.3 Å². The average molecular weight is 471 g/mol. The van der Waals surface area contributed by atoms with E-state index in [2.05, 4.69) is 27.7 Å². The molecule has 0 radical (unpaired) electrons. The lowest BCUT2D eigenvalue weighted by Gasteiger charge is -2.06. The Kier molecular flexibility index (Phi) is 5.19. The lowest BCUT2D eigenvalue weighted by atomic mass is 10.2. The molecule has 0 amide bonds. The van der Waals surface area contributed by atoms with Gasteiger partial charge in [0, 0.05) is 5.02 Å². The van der Waals surface area contributed by atoms with E-state index < -0.39 is 0 Å². The predicted octanol–water partition coefficient (Wildman–Crippen LogP) is 4.93. The maximum absolute atomic E-state index is 12.6. The largest absolute Gasteiger partial charge is 0.486 e. The van der Waals surface area contributed by atoms with Gasteiger partial charge in [0.05, 0.1) is 15.0 Å². The number of halogens is 2. The third-order valence-corrected chi connectivity index (χ3v) is 5.76. The lowest BCUT2D eigenvalue weighted by Crippen LogP contribution is -2.14. The highest BCUT2D eigenvalue weighted by Gasteiger charge is 2.19. The Morgan fingerprint density at radius 1 is 1.28 bits per heavy atom. The predicted molar refractivity (Wildman–Crippen MR) is 103 cm³/mol. The summed E-state index contributed by atoms with van der Waals surface area (Å²) >= 11 is 8.18. The number of aryl methyl sites for hydroxylation is 2. The molecular formula is C18H16ClIN2O3. The molecule has 0 aliphatic rings. The Labute approximate surface area is 164 Å². The minimum absolute atomic E-state index is 0.225. The third-order valence-electron chi connectivity index (χ3n) is 3.78. The van der Waals surface area contributed by atoms with E-state index in [0.717, 1.165) is 20.5 Å². The van der Waals surface area contributed by atoms with Crippen LogP contribution in [-0.4, -0.2) is 15.7 Å². The summed E-state index contributed by atoms with van der Waals surface area (Å²) in [5.74, 6) is 1.19. The molecule has 0 fully saturated rings. The molecule has 7 heteroatoms. The zero-order valence-corrected chi connectivity index (χ0v) is 16.9. The Hall–Kier alpha value is -1.80. The van der Waals surface area contributed by atoms with Crippen LogP contribution in [0.5, 0.6) is 5.75 Å². The van der Waals surface area contributed by atoms with Crippen molar-refractivity contribution in [3.8, 4) is 5.75 Å². The molecular weight excluding hydrogens is 455 g/mol. The Balaban J connectivity index is 1.72. The normalized spacial score (nSPS) is 10.9. The van der Waals surface area contributed by atoms with Gasteiger partial charge in [0.15, 0.2) is 5.76 Å². The van der Waals surface area contributed by atoms with Gasteiger partial charge in [-0.25, -0.2) is 0 Å². The van der Waals surface area contributed by atoms with Gasteiger partial charge < -0.3 is 9.15 Å². The van der Waals surface area contributed by atoms with Crippen molar-refractivity contribution in [2.24, 2.45) is 0 Å². The highest BCUT2D eigenvalue weighted by Crippen LogP contribution is 2.22. The van der Waals surface area contributed by atoms with E-state index in [0.29, 0.717) is 16.5 Å². The van der Waals surface area contributed by atoms with E-state index >= 15 is 0 Å². The molecule has 3 rings (SSSR count). The minimum Gasteiger partial charge on any atom is -0.486 e. The van der Waals surface area contributed by atoms with Crippen LogP contribution in [-0.2, 0) is 6.61 Å². The number of hydrogen-bond donors (Lipinski definition) is 0. The first kappa shape index (κ1) is 18.0. The summed E-state index contributed by atoms with van der Waals surface area (Å²) in [5, 5.41) is 4.96. The van der Waals surface area contributed by atoms with Crippen molar-refractivity contribution in [1.82, 2.24) is 9.78 Å². The lowest BCUT2D eigenvalue weighted by molar-refractivity contribution is 0.0910. The van der Waals surface area contributed by atoms with Crippen molar-refractivity contribution in [3.63, 3.8) is 0 Å². The van der Waals surface area contributed by atoms with Gasteiger partial charge in [-0.3, -0.25) is 4.79 Å². The third kappa shape index (κ3) is 3.74. The van der Waals surface area contributed by atoms with Crippen LogP contribution in [0.3, 0.4) is 0 Å². The van der Waals surface area contributed by atoms with Crippen molar-refractivity contribution in [2.45, 2.75) is 27.4 Å². The molecule has 0 aliphatic heterocycles. The molecule has 0 bridgehead atoms. The van der Waals surface area contributed by atoms with Gasteiger partial charge in [0.1, 0.15) is 18.1 Å². The van der Waals surface area contributed by atoms with E-state index in [9.17, 15) is 4.79 Å². The average Bonchev–Trinajstić information content (AvgIpc) is 3.16. The van der Waals surface area contributed by atoms with Crippen LogP contribution in [0.4, 0.5) is 0 Å². The second-order valence-electron chi connectivity index (χ2n) is 5.67. The van der Waals surface area contributed by atoms with Gasteiger partial charge in [0.2, 0.25) is 0 Å². The summed E-state index contributed by atoms with van der Waals surface area (Å²) in [6.45, 7) is 5.86. The standard InChI is InChI=1S/C18H16ClIN2O3/c1-10-8-13(4-6-15(10)19)24-9-14-5-7-16(25-14)18(23)22-12(3)17(20)11(2)21-22/h4-8H,9H2,1-3H3. The topological polar surface area (TPSA) is 57.3 Å². The number of ether oxygens (including phenoxy) is 1. The number of carbonyl (C=O) groups is 1. The van der Waals surface area contributed by atoms with Gasteiger partial charge in [-0.15, -0.1) is 0 Å². The Morgan fingerprint density at radius 2 is 2.04 bits per heavy atom. The number of furan rings is 1. The highest BCUT2D eigenvalue weighted by atomic mass is 127. The quantitative estimate of drug-likeness (QED) is 0.508. The first-order chi connectivity index (χ1) is 11.9. The van der Waals surface area contributed by atoms with Gasteiger partial charge >= 0.3 is 5.91 Å². The molecule has 0 saturated carbocycles. The smallest absolute Gasteiger partial charge is 0.314 e. The van der Waals surface area contributed by atoms with Crippen molar-refractivity contribution in [2.75, 3.05) is 0 Å². The van der Waals surface area contributed by atoms with Gasteiger partial charge in [-0.2, -0.15) is 9.78 Å². The molecule has 3 aromatic rings. The van der Waals surface area contributed by atoms with E-state index in [-0.39, 0.29) is 18.3 Å². The molecule has 5 nitrogen and oxygen atoms in total. The summed E-state index contributed by atoms with van der Waals surface area (Å²) < 4.78 is 13.6. The zero-order valence-electron chi connectivity index (χ0n) is 14.0. The van der Waals surface area contributed by atoms with Crippen molar-refractivity contribution in [1.29, 1.82) is 0 Å². The molecule has 0 spiro atoms. The number of rotatable bonds is 4.